The molecule has 6 rings (SSSR count). The maximum atomic E-state index is 6.38. The van der Waals surface area contributed by atoms with Crippen molar-refractivity contribution in [1.82, 2.24) is 19.7 Å². The SMILES string of the molecule is C[C@@H](Oc1ccc2c(c1)c(-c1ccc(N3CCSCC3)nc1)nn2C1CCCCO1)c1c(Cl)cncc1Cl. The zero-order chi connectivity index (χ0) is 26.1. The molecule has 198 valence electrons. The Bertz CT molecular complexity index is 1400. The van der Waals surface area contributed by atoms with E-state index in [1.54, 1.807) is 12.4 Å². The number of fused-ring (bicyclic) bond motifs is 1. The molecule has 2 atom stereocenters. The third-order valence-electron chi connectivity index (χ3n) is 7.07. The summed E-state index contributed by atoms with van der Waals surface area (Å²) in [6, 6.07) is 10.3. The second kappa shape index (κ2) is 11.3. The Morgan fingerprint density at radius 1 is 1.05 bits per heavy atom. The van der Waals surface area contributed by atoms with Crippen molar-refractivity contribution >= 4 is 51.7 Å². The van der Waals surface area contributed by atoms with Gasteiger partial charge in [-0.1, -0.05) is 23.2 Å². The van der Waals surface area contributed by atoms with Gasteiger partial charge in [-0.25, -0.2) is 9.67 Å². The average Bonchev–Trinajstić information content (AvgIpc) is 3.33. The molecule has 0 radical (unpaired) electrons. The molecule has 0 N–H and O–H groups in total. The lowest BCUT2D eigenvalue weighted by molar-refractivity contribution is -0.0365. The molecule has 0 spiro atoms. The number of pyridine rings is 2. The second-order valence-corrected chi connectivity index (χ2v) is 11.6. The minimum Gasteiger partial charge on any atom is -0.486 e. The highest BCUT2D eigenvalue weighted by Crippen LogP contribution is 2.37. The first-order valence-electron chi connectivity index (χ1n) is 13.0. The topological polar surface area (TPSA) is 65.3 Å². The molecule has 0 saturated carbocycles. The third kappa shape index (κ3) is 5.19. The Balaban J connectivity index is 1.37. The Morgan fingerprint density at radius 2 is 1.87 bits per heavy atom. The molecule has 0 bridgehead atoms. The number of hydrogen-bond donors (Lipinski definition) is 0. The van der Waals surface area contributed by atoms with Crippen molar-refractivity contribution < 1.29 is 9.47 Å². The molecule has 38 heavy (non-hydrogen) atoms. The number of aromatic nitrogens is 4. The minimum absolute atomic E-state index is 0.0850. The van der Waals surface area contributed by atoms with E-state index >= 15 is 0 Å². The fraction of sp³-hybridized carbons (Fsp3) is 0.393. The number of hydrogen-bond acceptors (Lipinski definition) is 7. The van der Waals surface area contributed by atoms with Crippen LogP contribution in [-0.2, 0) is 4.74 Å². The van der Waals surface area contributed by atoms with Crippen LogP contribution >= 0.6 is 35.0 Å². The lowest BCUT2D eigenvalue weighted by atomic mass is 10.1. The first kappa shape index (κ1) is 25.7. The first-order chi connectivity index (χ1) is 18.6. The maximum Gasteiger partial charge on any atom is 0.150 e. The van der Waals surface area contributed by atoms with Crippen molar-refractivity contribution in [3.63, 3.8) is 0 Å². The summed E-state index contributed by atoms with van der Waals surface area (Å²) < 4.78 is 14.5. The summed E-state index contributed by atoms with van der Waals surface area (Å²) in [5.41, 5.74) is 3.54. The highest BCUT2D eigenvalue weighted by Gasteiger charge is 2.23. The molecular weight excluding hydrogens is 541 g/mol. The van der Waals surface area contributed by atoms with Gasteiger partial charge in [0, 0.05) is 66.3 Å². The molecule has 1 aromatic carbocycles. The van der Waals surface area contributed by atoms with Gasteiger partial charge in [0.05, 0.1) is 15.6 Å². The molecule has 1 unspecified atom stereocenters. The van der Waals surface area contributed by atoms with Gasteiger partial charge in [0.25, 0.3) is 0 Å². The number of benzene rings is 1. The Morgan fingerprint density at radius 3 is 2.58 bits per heavy atom. The molecule has 3 aromatic heterocycles. The maximum absolute atomic E-state index is 6.38. The van der Waals surface area contributed by atoms with Gasteiger partial charge in [-0.05, 0) is 56.5 Å². The zero-order valence-electron chi connectivity index (χ0n) is 21.1. The quantitative estimate of drug-likeness (QED) is 0.243. The summed E-state index contributed by atoms with van der Waals surface area (Å²) in [7, 11) is 0. The van der Waals surface area contributed by atoms with Crippen LogP contribution in [0.25, 0.3) is 22.2 Å². The third-order valence-corrected chi connectivity index (χ3v) is 8.62. The van der Waals surface area contributed by atoms with E-state index in [1.807, 2.05) is 41.7 Å². The van der Waals surface area contributed by atoms with Crippen molar-refractivity contribution in [2.45, 2.75) is 38.5 Å². The summed E-state index contributed by atoms with van der Waals surface area (Å²) in [6.45, 7) is 4.73. The van der Waals surface area contributed by atoms with E-state index in [0.717, 1.165) is 78.4 Å². The predicted molar refractivity (Wildman–Crippen MR) is 155 cm³/mol. The summed E-state index contributed by atoms with van der Waals surface area (Å²) >= 11 is 14.8. The number of halogens is 2. The van der Waals surface area contributed by atoms with E-state index in [0.29, 0.717) is 21.4 Å². The van der Waals surface area contributed by atoms with Crippen LogP contribution in [0.1, 0.15) is 44.1 Å². The number of ether oxygens (including phenoxy) is 2. The van der Waals surface area contributed by atoms with Gasteiger partial charge in [0.2, 0.25) is 0 Å². The van der Waals surface area contributed by atoms with Gasteiger partial charge >= 0.3 is 0 Å². The predicted octanol–water partition coefficient (Wildman–Crippen LogP) is 7.19. The standard InChI is InChI=1S/C28H29Cl2N5O2S/c1-18(27-22(29)16-31-17-23(27)30)37-20-6-7-24-21(14-20)28(33-35(24)26-4-2-3-11-36-26)19-5-8-25(32-15-19)34-9-12-38-13-10-34/h5-8,14-18,26H,2-4,9-13H2,1H3/t18-,26?/m1/s1. The van der Waals surface area contributed by atoms with E-state index in [2.05, 4.69) is 28.1 Å². The lowest BCUT2D eigenvalue weighted by Gasteiger charge is -2.27. The van der Waals surface area contributed by atoms with Gasteiger partial charge in [-0.3, -0.25) is 4.98 Å². The van der Waals surface area contributed by atoms with E-state index in [9.17, 15) is 0 Å². The van der Waals surface area contributed by atoms with Crippen LogP contribution in [0, 0.1) is 0 Å². The lowest BCUT2D eigenvalue weighted by Crippen LogP contribution is -2.32. The van der Waals surface area contributed by atoms with Crippen LogP contribution < -0.4 is 9.64 Å². The first-order valence-corrected chi connectivity index (χ1v) is 14.9. The number of anilines is 1. The summed E-state index contributed by atoms with van der Waals surface area (Å²) in [4.78, 5) is 11.2. The molecule has 0 aliphatic carbocycles. The van der Waals surface area contributed by atoms with E-state index < -0.39 is 0 Å². The van der Waals surface area contributed by atoms with Crippen molar-refractivity contribution in [2.75, 3.05) is 36.1 Å². The fourth-order valence-corrected chi connectivity index (χ4v) is 6.70. The van der Waals surface area contributed by atoms with E-state index in [1.165, 1.54) is 0 Å². The molecule has 5 heterocycles. The number of thioether (sulfide) groups is 1. The van der Waals surface area contributed by atoms with Gasteiger partial charge < -0.3 is 14.4 Å². The Kier molecular flexibility index (Phi) is 7.66. The van der Waals surface area contributed by atoms with Crippen molar-refractivity contribution in [3.8, 4) is 17.0 Å². The van der Waals surface area contributed by atoms with E-state index in [-0.39, 0.29) is 12.3 Å². The number of nitrogens with zero attached hydrogens (tertiary/aromatic N) is 5. The Hall–Kier alpha value is -2.52. The molecule has 2 aliphatic heterocycles. The van der Waals surface area contributed by atoms with Crippen LogP contribution in [0.5, 0.6) is 5.75 Å². The van der Waals surface area contributed by atoms with Crippen molar-refractivity contribution in [3.05, 3.63) is 64.5 Å². The minimum atomic E-state index is -0.362. The average molecular weight is 571 g/mol. The molecule has 7 nitrogen and oxygen atoms in total. The van der Waals surface area contributed by atoms with Crippen LogP contribution in [0.3, 0.4) is 0 Å². The van der Waals surface area contributed by atoms with Crippen molar-refractivity contribution in [2.24, 2.45) is 0 Å². The van der Waals surface area contributed by atoms with Crippen LogP contribution in [-0.4, -0.2) is 51.0 Å². The molecule has 4 aromatic rings. The van der Waals surface area contributed by atoms with Gasteiger partial charge in [0.1, 0.15) is 23.4 Å². The van der Waals surface area contributed by atoms with Crippen LogP contribution in [0.4, 0.5) is 5.82 Å². The molecule has 2 aliphatic rings. The van der Waals surface area contributed by atoms with Gasteiger partial charge in [-0.2, -0.15) is 16.9 Å². The van der Waals surface area contributed by atoms with E-state index in [4.69, 9.17) is 42.8 Å². The molecule has 0 amide bonds. The van der Waals surface area contributed by atoms with Gasteiger partial charge in [-0.15, -0.1) is 0 Å². The fourth-order valence-electron chi connectivity index (χ4n) is 5.12. The smallest absolute Gasteiger partial charge is 0.150 e. The monoisotopic (exact) mass is 569 g/mol. The zero-order valence-corrected chi connectivity index (χ0v) is 23.5. The number of rotatable bonds is 6. The summed E-state index contributed by atoms with van der Waals surface area (Å²) in [5, 5.41) is 7.00. The highest BCUT2D eigenvalue weighted by molar-refractivity contribution is 7.99. The highest BCUT2D eigenvalue weighted by atomic mass is 35.5. The largest absolute Gasteiger partial charge is 0.486 e. The van der Waals surface area contributed by atoms with Crippen molar-refractivity contribution in [1.29, 1.82) is 0 Å². The molecule has 2 saturated heterocycles. The normalized spacial score (nSPS) is 19.0. The molecule has 10 heteroatoms. The van der Waals surface area contributed by atoms with Crippen LogP contribution in [0.2, 0.25) is 10.0 Å². The van der Waals surface area contributed by atoms with Crippen LogP contribution in [0.15, 0.2) is 48.9 Å². The molecule has 2 fully saturated rings. The summed E-state index contributed by atoms with van der Waals surface area (Å²) in [6.07, 6.45) is 7.79. The van der Waals surface area contributed by atoms with Gasteiger partial charge in [0.15, 0.2) is 6.23 Å². The summed E-state index contributed by atoms with van der Waals surface area (Å²) in [5.74, 6) is 3.99. The Labute approximate surface area is 236 Å². The molecular formula is C28H29Cl2N5O2S. The second-order valence-electron chi connectivity index (χ2n) is 9.57.